The van der Waals surface area contributed by atoms with Gasteiger partial charge in [-0.25, -0.2) is 0 Å². The van der Waals surface area contributed by atoms with E-state index in [4.69, 9.17) is 0 Å². The molecule has 0 bridgehead atoms. The van der Waals surface area contributed by atoms with E-state index in [1.54, 1.807) is 0 Å². The first-order valence-corrected chi connectivity index (χ1v) is 5.08. The number of nitrogens with zero attached hydrogens (tertiary/aromatic N) is 2. The minimum absolute atomic E-state index is 0.259. The molecule has 2 heterocycles. The van der Waals surface area contributed by atoms with Crippen molar-refractivity contribution in [2.45, 2.75) is 12.1 Å². The summed E-state index contributed by atoms with van der Waals surface area (Å²) in [4.78, 5) is 4.84. The molecule has 2 unspecified atom stereocenters. The van der Waals surface area contributed by atoms with Gasteiger partial charge < -0.3 is 15.3 Å². The van der Waals surface area contributed by atoms with Gasteiger partial charge in [-0.1, -0.05) is 0 Å². The minimum atomic E-state index is 0.259. The second-order valence-corrected chi connectivity index (χ2v) is 4.11. The number of aliphatic hydroxyl groups is 1. The second-order valence-electron chi connectivity index (χ2n) is 4.11. The van der Waals surface area contributed by atoms with Crippen LogP contribution in [0.2, 0.25) is 0 Å². The monoisotopic (exact) mass is 185 g/mol. The molecule has 0 aliphatic carbocycles. The predicted octanol–water partition coefficient (Wildman–Crippen LogP) is -1.43. The van der Waals surface area contributed by atoms with Gasteiger partial charge in [-0.15, -0.1) is 0 Å². The van der Waals surface area contributed by atoms with Crippen LogP contribution < -0.4 is 5.32 Å². The Labute approximate surface area is 79.5 Å². The lowest BCUT2D eigenvalue weighted by Crippen LogP contribution is -2.66. The molecule has 2 aliphatic heterocycles. The van der Waals surface area contributed by atoms with Crippen molar-refractivity contribution in [3.63, 3.8) is 0 Å². The van der Waals surface area contributed by atoms with Gasteiger partial charge in [-0.2, -0.15) is 0 Å². The van der Waals surface area contributed by atoms with Crippen LogP contribution in [-0.2, 0) is 0 Å². The van der Waals surface area contributed by atoms with Gasteiger partial charge in [0, 0.05) is 44.8 Å². The zero-order valence-electron chi connectivity index (χ0n) is 8.24. The molecule has 0 aromatic heterocycles. The first-order valence-electron chi connectivity index (χ1n) is 5.08. The van der Waals surface area contributed by atoms with Crippen molar-refractivity contribution < 1.29 is 5.11 Å². The average Bonchev–Trinajstić information content (AvgIpc) is 2.17. The number of aliphatic hydroxyl groups excluding tert-OH is 1. The molecule has 4 heteroatoms. The topological polar surface area (TPSA) is 38.7 Å². The van der Waals surface area contributed by atoms with Crippen molar-refractivity contribution in [3.8, 4) is 0 Å². The third kappa shape index (κ3) is 1.86. The Hall–Kier alpha value is -0.160. The largest absolute Gasteiger partial charge is 0.395 e. The van der Waals surface area contributed by atoms with Crippen molar-refractivity contribution in [1.82, 2.24) is 15.1 Å². The quantitative estimate of drug-likeness (QED) is 0.525. The first-order chi connectivity index (χ1) is 6.31. The van der Waals surface area contributed by atoms with E-state index in [0.29, 0.717) is 6.04 Å². The standard InChI is InChI=1S/C9H19N3O/c1-11-4-5-12-3-2-10-8(7-13)9(12)6-11/h8-10,13H,2-7H2,1H3. The molecular weight excluding hydrogens is 166 g/mol. The fourth-order valence-corrected chi connectivity index (χ4v) is 2.37. The van der Waals surface area contributed by atoms with Crippen LogP contribution in [0.3, 0.4) is 0 Å². The molecule has 0 aromatic carbocycles. The third-order valence-electron chi connectivity index (χ3n) is 3.20. The van der Waals surface area contributed by atoms with E-state index in [1.807, 2.05) is 0 Å². The van der Waals surface area contributed by atoms with Crippen molar-refractivity contribution in [2.24, 2.45) is 0 Å². The van der Waals surface area contributed by atoms with Gasteiger partial charge >= 0.3 is 0 Å². The molecule has 0 radical (unpaired) electrons. The second kappa shape index (κ2) is 3.92. The summed E-state index contributed by atoms with van der Waals surface area (Å²) >= 11 is 0. The van der Waals surface area contributed by atoms with Crippen molar-refractivity contribution >= 4 is 0 Å². The molecule has 2 atom stereocenters. The predicted molar refractivity (Wildman–Crippen MR) is 51.7 cm³/mol. The molecule has 0 saturated carbocycles. The summed E-state index contributed by atoms with van der Waals surface area (Å²) in [5, 5.41) is 12.6. The maximum atomic E-state index is 9.21. The maximum Gasteiger partial charge on any atom is 0.0600 e. The third-order valence-corrected chi connectivity index (χ3v) is 3.20. The van der Waals surface area contributed by atoms with Crippen LogP contribution in [0.25, 0.3) is 0 Å². The fraction of sp³-hybridized carbons (Fsp3) is 1.00. The van der Waals surface area contributed by atoms with Crippen LogP contribution in [0.5, 0.6) is 0 Å². The molecule has 76 valence electrons. The SMILES string of the molecule is CN1CCN2CCNC(CO)C2C1. The van der Waals surface area contributed by atoms with Crippen molar-refractivity contribution in [2.75, 3.05) is 46.4 Å². The van der Waals surface area contributed by atoms with Crippen LogP contribution in [0.4, 0.5) is 0 Å². The van der Waals surface area contributed by atoms with E-state index in [-0.39, 0.29) is 12.6 Å². The number of fused-ring (bicyclic) bond motifs is 1. The Morgan fingerprint density at radius 3 is 3.00 bits per heavy atom. The van der Waals surface area contributed by atoms with Crippen molar-refractivity contribution in [3.05, 3.63) is 0 Å². The van der Waals surface area contributed by atoms with Crippen LogP contribution in [0.15, 0.2) is 0 Å². The van der Waals surface area contributed by atoms with E-state index < -0.39 is 0 Å². The Morgan fingerprint density at radius 1 is 1.38 bits per heavy atom. The van der Waals surface area contributed by atoms with Gasteiger partial charge in [0.25, 0.3) is 0 Å². The minimum Gasteiger partial charge on any atom is -0.395 e. The summed E-state index contributed by atoms with van der Waals surface area (Å²) in [5.74, 6) is 0. The highest BCUT2D eigenvalue weighted by atomic mass is 16.3. The summed E-state index contributed by atoms with van der Waals surface area (Å²) in [7, 11) is 2.15. The Morgan fingerprint density at radius 2 is 2.23 bits per heavy atom. The molecule has 2 saturated heterocycles. The van der Waals surface area contributed by atoms with Crippen LogP contribution in [-0.4, -0.2) is 73.4 Å². The number of rotatable bonds is 1. The lowest BCUT2D eigenvalue weighted by atomic mass is 10.0. The van der Waals surface area contributed by atoms with Gasteiger partial charge in [0.2, 0.25) is 0 Å². The van der Waals surface area contributed by atoms with E-state index in [9.17, 15) is 5.11 Å². The van der Waals surface area contributed by atoms with E-state index in [0.717, 1.165) is 32.7 Å². The highest BCUT2D eigenvalue weighted by molar-refractivity contribution is 4.93. The fourth-order valence-electron chi connectivity index (χ4n) is 2.37. The molecule has 2 fully saturated rings. The van der Waals surface area contributed by atoms with Gasteiger partial charge in [-0.3, -0.25) is 4.90 Å². The summed E-state index contributed by atoms with van der Waals surface area (Å²) < 4.78 is 0. The van der Waals surface area contributed by atoms with Crippen molar-refractivity contribution in [1.29, 1.82) is 0 Å². The summed E-state index contributed by atoms with van der Waals surface area (Å²) in [6, 6.07) is 0.786. The summed E-state index contributed by atoms with van der Waals surface area (Å²) in [6.07, 6.45) is 0. The number of hydrogen-bond acceptors (Lipinski definition) is 4. The van der Waals surface area contributed by atoms with E-state index in [1.165, 1.54) is 0 Å². The Kier molecular flexibility index (Phi) is 2.83. The van der Waals surface area contributed by atoms with Gasteiger partial charge in [0.05, 0.1) is 6.61 Å². The zero-order valence-corrected chi connectivity index (χ0v) is 8.24. The number of piperazine rings is 2. The average molecular weight is 185 g/mol. The number of hydrogen-bond donors (Lipinski definition) is 2. The van der Waals surface area contributed by atoms with Gasteiger partial charge in [0.1, 0.15) is 0 Å². The molecule has 4 nitrogen and oxygen atoms in total. The van der Waals surface area contributed by atoms with E-state index in [2.05, 4.69) is 22.2 Å². The molecule has 13 heavy (non-hydrogen) atoms. The van der Waals surface area contributed by atoms with Crippen LogP contribution >= 0.6 is 0 Å². The Bertz CT molecular complexity index is 170. The molecule has 0 spiro atoms. The lowest BCUT2D eigenvalue weighted by molar-refractivity contribution is 0.0257. The van der Waals surface area contributed by atoms with Crippen LogP contribution in [0.1, 0.15) is 0 Å². The zero-order chi connectivity index (χ0) is 9.26. The molecule has 0 amide bonds. The van der Waals surface area contributed by atoms with Crippen LogP contribution in [0, 0.1) is 0 Å². The smallest absolute Gasteiger partial charge is 0.0600 e. The Balaban J connectivity index is 2.01. The normalized spacial score (nSPS) is 37.4. The number of likely N-dealkylation sites (N-methyl/N-ethyl adjacent to an activating group) is 1. The molecular formula is C9H19N3O. The maximum absolute atomic E-state index is 9.21. The summed E-state index contributed by atoms with van der Waals surface area (Å²) in [5.41, 5.74) is 0. The lowest BCUT2D eigenvalue weighted by Gasteiger charge is -2.46. The molecule has 2 N–H and O–H groups in total. The highest BCUT2D eigenvalue weighted by Crippen LogP contribution is 2.14. The van der Waals surface area contributed by atoms with E-state index >= 15 is 0 Å². The molecule has 0 aromatic rings. The first kappa shape index (κ1) is 9.40. The van der Waals surface area contributed by atoms with Gasteiger partial charge in [0.15, 0.2) is 0 Å². The summed E-state index contributed by atoms with van der Waals surface area (Å²) in [6.45, 7) is 5.81. The molecule has 2 rings (SSSR count). The van der Waals surface area contributed by atoms with Gasteiger partial charge in [-0.05, 0) is 7.05 Å². The number of nitrogens with one attached hydrogen (secondary N) is 1. The molecule has 2 aliphatic rings. The highest BCUT2D eigenvalue weighted by Gasteiger charge is 2.33.